The van der Waals surface area contributed by atoms with Gasteiger partial charge in [0.2, 0.25) is 0 Å². The van der Waals surface area contributed by atoms with Crippen molar-refractivity contribution < 1.29 is 17.9 Å². The molecular weight excluding hydrogens is 303 g/mol. The predicted octanol–water partition coefficient (Wildman–Crippen LogP) is 2.35. The Morgan fingerprint density at radius 2 is 2.14 bits per heavy atom. The molecule has 1 aliphatic carbocycles. The van der Waals surface area contributed by atoms with E-state index in [1.165, 1.54) is 6.07 Å². The quantitative estimate of drug-likeness (QED) is 0.816. The first-order chi connectivity index (χ1) is 9.84. The first-order valence-electron chi connectivity index (χ1n) is 6.48. The molecule has 0 bridgehead atoms. The number of ether oxygens (including phenoxy) is 1. The van der Waals surface area contributed by atoms with Crippen LogP contribution < -0.4 is 10.6 Å². The Labute approximate surface area is 126 Å². The van der Waals surface area contributed by atoms with Crippen molar-refractivity contribution in [3.8, 4) is 0 Å². The molecule has 1 aliphatic rings. The van der Waals surface area contributed by atoms with Gasteiger partial charge >= 0.3 is 6.18 Å². The third kappa shape index (κ3) is 3.82. The Balaban J connectivity index is 2.43. The lowest BCUT2D eigenvalue weighted by molar-refractivity contribution is -0.141. The average molecular weight is 319 g/mol. The number of aromatic nitrogens is 1. The molecule has 0 amide bonds. The van der Waals surface area contributed by atoms with Gasteiger partial charge in [-0.15, -0.1) is 0 Å². The number of alkyl halides is 3. The van der Waals surface area contributed by atoms with Crippen LogP contribution in [0, 0.1) is 0 Å². The minimum absolute atomic E-state index is 0.0364. The fourth-order valence-corrected chi connectivity index (χ4v) is 2.21. The van der Waals surface area contributed by atoms with Crippen molar-refractivity contribution in [2.75, 3.05) is 25.2 Å². The number of hydrogen-bond donors (Lipinski definition) is 1. The fourth-order valence-electron chi connectivity index (χ4n) is 2.05. The third-order valence-corrected chi connectivity index (χ3v) is 3.45. The van der Waals surface area contributed by atoms with Crippen LogP contribution in [-0.2, 0) is 10.9 Å². The lowest BCUT2D eigenvalue weighted by Gasteiger charge is -2.26. The van der Waals surface area contributed by atoms with Crippen LogP contribution in [0.2, 0.25) is 0 Å². The summed E-state index contributed by atoms with van der Waals surface area (Å²) in [5.41, 5.74) is 5.03. The highest BCUT2D eigenvalue weighted by Crippen LogP contribution is 2.35. The molecular formula is C13H16F3N3OS. The van der Waals surface area contributed by atoms with E-state index in [0.717, 1.165) is 18.9 Å². The van der Waals surface area contributed by atoms with Gasteiger partial charge in [0.05, 0.1) is 12.2 Å². The summed E-state index contributed by atoms with van der Waals surface area (Å²) in [6.07, 6.45) is -2.67. The normalized spacial score (nSPS) is 15.0. The Morgan fingerprint density at radius 1 is 1.48 bits per heavy atom. The molecule has 0 aliphatic heterocycles. The van der Waals surface area contributed by atoms with E-state index in [1.54, 1.807) is 12.0 Å². The van der Waals surface area contributed by atoms with Gasteiger partial charge in [-0.1, -0.05) is 12.2 Å². The van der Waals surface area contributed by atoms with Crippen molar-refractivity contribution in [1.82, 2.24) is 4.98 Å². The minimum atomic E-state index is -4.50. The van der Waals surface area contributed by atoms with Crippen molar-refractivity contribution in [2.45, 2.75) is 25.1 Å². The Bertz CT molecular complexity index is 532. The van der Waals surface area contributed by atoms with E-state index in [0.29, 0.717) is 18.7 Å². The van der Waals surface area contributed by atoms with E-state index in [4.69, 9.17) is 22.7 Å². The molecule has 1 heterocycles. The van der Waals surface area contributed by atoms with Crippen LogP contribution in [-0.4, -0.2) is 36.3 Å². The van der Waals surface area contributed by atoms with E-state index in [2.05, 4.69) is 4.98 Å². The first-order valence-corrected chi connectivity index (χ1v) is 6.89. The fraction of sp³-hybridized carbons (Fsp3) is 0.538. The van der Waals surface area contributed by atoms with Gasteiger partial charge in [0.1, 0.15) is 16.5 Å². The smallest absolute Gasteiger partial charge is 0.389 e. The highest BCUT2D eigenvalue weighted by Gasteiger charge is 2.36. The van der Waals surface area contributed by atoms with Crippen molar-refractivity contribution in [3.63, 3.8) is 0 Å². The standard InChI is InChI=1S/C13H16F3N3OS/c1-20-7-6-19(8-2-3-8)12-9(11(17)21)4-5-10(18-12)13(14,15)16/h4-5,8H,2-3,6-7H2,1H3,(H2,17,21). The van der Waals surface area contributed by atoms with E-state index in [-0.39, 0.29) is 16.8 Å². The van der Waals surface area contributed by atoms with Gasteiger partial charge in [-0.2, -0.15) is 13.2 Å². The average Bonchev–Trinajstić information content (AvgIpc) is 3.22. The van der Waals surface area contributed by atoms with Crippen molar-refractivity contribution >= 4 is 23.0 Å². The van der Waals surface area contributed by atoms with Gasteiger partial charge in [0.25, 0.3) is 0 Å². The number of rotatable bonds is 6. The van der Waals surface area contributed by atoms with E-state index in [9.17, 15) is 13.2 Å². The second-order valence-electron chi connectivity index (χ2n) is 4.85. The number of thiocarbonyl (C=S) groups is 1. The Hall–Kier alpha value is -1.41. The molecule has 0 unspecified atom stereocenters. The van der Waals surface area contributed by atoms with Crippen molar-refractivity contribution in [3.05, 3.63) is 23.4 Å². The molecule has 1 fully saturated rings. The molecule has 1 saturated carbocycles. The molecule has 1 aromatic heterocycles. The second-order valence-corrected chi connectivity index (χ2v) is 5.29. The summed E-state index contributed by atoms with van der Waals surface area (Å²) in [4.78, 5) is 5.59. The molecule has 0 saturated heterocycles. The highest BCUT2D eigenvalue weighted by atomic mass is 32.1. The van der Waals surface area contributed by atoms with Crippen LogP contribution >= 0.6 is 12.2 Å². The lowest BCUT2D eigenvalue weighted by Crippen LogP contribution is -2.33. The molecule has 21 heavy (non-hydrogen) atoms. The van der Waals surface area contributed by atoms with Gasteiger partial charge in [-0.3, -0.25) is 0 Å². The molecule has 1 aromatic rings. The van der Waals surface area contributed by atoms with Gasteiger partial charge in [-0.25, -0.2) is 4.98 Å². The number of hydrogen-bond acceptors (Lipinski definition) is 4. The van der Waals surface area contributed by atoms with Crippen LogP contribution in [0.5, 0.6) is 0 Å². The second kappa shape index (κ2) is 6.15. The number of halogens is 3. The van der Waals surface area contributed by atoms with Crippen LogP contribution in [0.25, 0.3) is 0 Å². The number of anilines is 1. The zero-order chi connectivity index (χ0) is 15.6. The summed E-state index contributed by atoms with van der Waals surface area (Å²) < 4.78 is 43.6. The number of nitrogens with two attached hydrogens (primary N) is 1. The molecule has 2 rings (SSSR count). The van der Waals surface area contributed by atoms with Crippen LogP contribution in [0.1, 0.15) is 24.1 Å². The number of pyridine rings is 1. The summed E-state index contributed by atoms with van der Waals surface area (Å²) in [6.45, 7) is 0.844. The molecule has 2 N–H and O–H groups in total. The molecule has 0 aromatic carbocycles. The molecule has 0 atom stereocenters. The first kappa shape index (κ1) is 16.0. The molecule has 4 nitrogen and oxygen atoms in total. The minimum Gasteiger partial charge on any atom is -0.389 e. The number of nitrogens with zero attached hydrogens (tertiary/aromatic N) is 2. The summed E-state index contributed by atoms with van der Waals surface area (Å²) in [5, 5.41) is 0. The van der Waals surface area contributed by atoms with E-state index in [1.807, 2.05) is 0 Å². The van der Waals surface area contributed by atoms with E-state index >= 15 is 0 Å². The van der Waals surface area contributed by atoms with Gasteiger partial charge in [0, 0.05) is 19.7 Å². The predicted molar refractivity (Wildman–Crippen MR) is 77.4 cm³/mol. The van der Waals surface area contributed by atoms with E-state index < -0.39 is 11.9 Å². The zero-order valence-corrected chi connectivity index (χ0v) is 12.3. The van der Waals surface area contributed by atoms with Crippen LogP contribution in [0.4, 0.5) is 19.0 Å². The molecule has 0 spiro atoms. The van der Waals surface area contributed by atoms with Crippen LogP contribution in [0.3, 0.4) is 0 Å². The molecule has 0 radical (unpaired) electrons. The lowest BCUT2D eigenvalue weighted by atomic mass is 10.2. The van der Waals surface area contributed by atoms with Crippen molar-refractivity contribution in [2.24, 2.45) is 5.73 Å². The zero-order valence-electron chi connectivity index (χ0n) is 11.5. The maximum absolute atomic E-state index is 12.9. The SMILES string of the molecule is COCCN(c1nc(C(F)(F)F)ccc1C(N)=S)C1CC1. The largest absolute Gasteiger partial charge is 0.433 e. The maximum atomic E-state index is 12.9. The van der Waals surface area contributed by atoms with Crippen molar-refractivity contribution in [1.29, 1.82) is 0 Å². The van der Waals surface area contributed by atoms with Gasteiger partial charge < -0.3 is 15.4 Å². The Kier molecular flexibility index (Phi) is 4.67. The summed E-state index contributed by atoms with van der Waals surface area (Å²) in [7, 11) is 1.54. The summed E-state index contributed by atoms with van der Waals surface area (Å²) >= 11 is 4.92. The monoisotopic (exact) mass is 319 g/mol. The third-order valence-electron chi connectivity index (χ3n) is 3.23. The van der Waals surface area contributed by atoms with Gasteiger partial charge in [-0.05, 0) is 25.0 Å². The highest BCUT2D eigenvalue weighted by molar-refractivity contribution is 7.80. The Morgan fingerprint density at radius 3 is 2.62 bits per heavy atom. The maximum Gasteiger partial charge on any atom is 0.433 e. The topological polar surface area (TPSA) is 51.4 Å². The van der Waals surface area contributed by atoms with Crippen LogP contribution in [0.15, 0.2) is 12.1 Å². The molecule has 116 valence electrons. The molecule has 8 heteroatoms. The number of methoxy groups -OCH3 is 1. The summed E-state index contributed by atoms with van der Waals surface area (Å²) in [6, 6.07) is 2.36. The summed E-state index contributed by atoms with van der Waals surface area (Å²) in [5.74, 6) is 0.192. The van der Waals surface area contributed by atoms with Gasteiger partial charge in [0.15, 0.2) is 0 Å².